The van der Waals surface area contributed by atoms with Crippen molar-refractivity contribution in [2.75, 3.05) is 11.2 Å². The molecule has 0 fully saturated rings. The van der Waals surface area contributed by atoms with Gasteiger partial charge in [-0.05, 0) is 41.4 Å². The highest BCUT2D eigenvalue weighted by molar-refractivity contribution is 6.86. The van der Waals surface area contributed by atoms with Crippen LogP contribution in [0.1, 0.15) is 41.5 Å². The summed E-state index contributed by atoms with van der Waals surface area (Å²) in [4.78, 5) is 13.7. The number of hydrogen-bond acceptors (Lipinski definition) is 3. The molecule has 9 heteroatoms. The number of hydrogen-bond donors (Lipinski definition) is 0. The van der Waals surface area contributed by atoms with Gasteiger partial charge < -0.3 is 13.7 Å². The summed E-state index contributed by atoms with van der Waals surface area (Å²) in [6.07, 6.45) is 0. The van der Waals surface area contributed by atoms with Crippen LogP contribution in [0.15, 0.2) is 36.4 Å². The fraction of sp³-hybridized carbons (Fsp3) is 0.500. The maximum atomic E-state index is 13.7. The Morgan fingerprint density at radius 2 is 1.43 bits per heavy atom. The highest BCUT2D eigenvalue weighted by Crippen LogP contribution is 2.43. The molecule has 4 nitrogen and oxygen atoms in total. The van der Waals surface area contributed by atoms with E-state index in [-0.39, 0.29) is 22.6 Å². The third-order valence-electron chi connectivity index (χ3n) is 7.22. The Morgan fingerprint density at radius 3 is 1.97 bits per heavy atom. The largest absolute Gasteiger partial charge is 0.543 e. The summed E-state index contributed by atoms with van der Waals surface area (Å²) in [7, 11) is -4.39. The zero-order valence-corrected chi connectivity index (χ0v) is 26.7. The van der Waals surface area contributed by atoms with Crippen LogP contribution in [0.5, 0.6) is 11.5 Å². The van der Waals surface area contributed by atoms with Gasteiger partial charge in [0.15, 0.2) is 14.8 Å². The van der Waals surface area contributed by atoms with Crippen LogP contribution in [0, 0.1) is 0 Å². The van der Waals surface area contributed by atoms with Gasteiger partial charge in [0.2, 0.25) is 8.32 Å². The third-order valence-corrected chi connectivity index (χ3v) is 17.9. The number of nitrogens with zero attached hydrogens (tertiary/aromatic N) is 1. The Hall–Kier alpha value is -1.19. The first-order chi connectivity index (χ1) is 15.8. The Morgan fingerprint density at radius 1 is 0.857 bits per heavy atom. The molecule has 194 valence electrons. The van der Waals surface area contributed by atoms with Crippen molar-refractivity contribution in [1.82, 2.24) is 0 Å². The highest BCUT2D eigenvalue weighted by Gasteiger charge is 2.45. The molecule has 0 bridgehead atoms. The van der Waals surface area contributed by atoms with Gasteiger partial charge in [0.05, 0.1) is 15.1 Å². The summed E-state index contributed by atoms with van der Waals surface area (Å²) in [6.45, 7) is 21.8. The van der Waals surface area contributed by atoms with Crippen LogP contribution in [0.25, 0.3) is 0 Å². The number of benzene rings is 2. The summed E-state index contributed by atoms with van der Waals surface area (Å²) in [6, 6.07) is 10.9. The van der Waals surface area contributed by atoms with Crippen molar-refractivity contribution >= 4 is 63.0 Å². The summed E-state index contributed by atoms with van der Waals surface area (Å²) in [5, 5.41) is 0.910. The molecule has 2 rings (SSSR count). The molecular formula is C26H38Cl3NO3Si2. The molecule has 1 amide bonds. The summed E-state index contributed by atoms with van der Waals surface area (Å²) < 4.78 is 14.3. The molecule has 0 unspecified atom stereocenters. The van der Waals surface area contributed by atoms with E-state index >= 15 is 0 Å². The van der Waals surface area contributed by atoms with Gasteiger partial charge in [0.1, 0.15) is 11.5 Å². The first-order valence-electron chi connectivity index (χ1n) is 11.7. The molecule has 0 radical (unpaired) electrons. The molecule has 0 aliphatic rings. The monoisotopic (exact) mass is 573 g/mol. The lowest BCUT2D eigenvalue weighted by atomic mass is 10.2. The third kappa shape index (κ3) is 6.98. The maximum absolute atomic E-state index is 13.7. The van der Waals surface area contributed by atoms with E-state index in [0.717, 1.165) is 11.4 Å². The lowest BCUT2D eigenvalue weighted by molar-refractivity contribution is -0.119. The van der Waals surface area contributed by atoms with Crippen molar-refractivity contribution in [1.29, 1.82) is 0 Å². The Bertz CT molecular complexity index is 1080. The minimum Gasteiger partial charge on any atom is -0.543 e. The summed E-state index contributed by atoms with van der Waals surface area (Å²) >= 11 is 18.4. The Labute approximate surface area is 228 Å². The second-order valence-electron chi connectivity index (χ2n) is 11.9. The Balaban J connectivity index is 2.45. The molecule has 0 saturated heterocycles. The Kier molecular flexibility index (Phi) is 9.15. The van der Waals surface area contributed by atoms with Crippen LogP contribution in [0.3, 0.4) is 0 Å². The molecule has 0 aliphatic carbocycles. The van der Waals surface area contributed by atoms with Crippen molar-refractivity contribution in [3.05, 3.63) is 51.5 Å². The van der Waals surface area contributed by atoms with Crippen molar-refractivity contribution in [2.24, 2.45) is 0 Å². The SMILES string of the molecule is CC(C)(C)[Si](C)(C)Oc1cccc(N(C(=O)COc2cc(Cl)c(Cl)cc2Cl)[Si](C)(C)C(C)(C)C)c1. The summed E-state index contributed by atoms with van der Waals surface area (Å²) in [5.41, 5.74) is 0.807. The molecule has 2 aromatic carbocycles. The van der Waals surface area contributed by atoms with E-state index in [9.17, 15) is 4.79 Å². The van der Waals surface area contributed by atoms with Gasteiger partial charge in [0, 0.05) is 17.8 Å². The van der Waals surface area contributed by atoms with Crippen LogP contribution in [0.2, 0.25) is 51.3 Å². The normalized spacial score (nSPS) is 12.9. The number of halogens is 3. The number of carbonyl (C=O) groups is 1. The molecule has 0 saturated carbocycles. The molecule has 0 heterocycles. The topological polar surface area (TPSA) is 38.8 Å². The molecular weight excluding hydrogens is 537 g/mol. The van der Waals surface area contributed by atoms with Crippen LogP contribution < -0.4 is 13.7 Å². The van der Waals surface area contributed by atoms with Gasteiger partial charge in [-0.15, -0.1) is 0 Å². The number of anilines is 1. The van der Waals surface area contributed by atoms with Gasteiger partial charge in [-0.25, -0.2) is 0 Å². The molecule has 0 aliphatic heterocycles. The van der Waals surface area contributed by atoms with Crippen molar-refractivity contribution in [3.63, 3.8) is 0 Å². The van der Waals surface area contributed by atoms with E-state index in [2.05, 4.69) is 67.7 Å². The van der Waals surface area contributed by atoms with Gasteiger partial charge in [-0.3, -0.25) is 4.79 Å². The predicted molar refractivity (Wildman–Crippen MR) is 156 cm³/mol. The number of ether oxygens (including phenoxy) is 1. The van der Waals surface area contributed by atoms with Crippen LogP contribution in [-0.2, 0) is 4.79 Å². The quantitative estimate of drug-likeness (QED) is 0.244. The lowest BCUT2D eigenvalue weighted by Crippen LogP contribution is -2.59. The average Bonchev–Trinajstić information content (AvgIpc) is 2.68. The van der Waals surface area contributed by atoms with Crippen LogP contribution >= 0.6 is 34.8 Å². The van der Waals surface area contributed by atoms with Crippen LogP contribution in [-0.4, -0.2) is 29.1 Å². The maximum Gasteiger partial charge on any atom is 0.257 e. The van der Waals surface area contributed by atoms with E-state index in [1.54, 1.807) is 0 Å². The second kappa shape index (κ2) is 10.7. The number of amides is 1. The lowest BCUT2D eigenvalue weighted by Gasteiger charge is -2.46. The number of rotatable bonds is 7. The number of carbonyl (C=O) groups excluding carboxylic acids is 1. The zero-order chi connectivity index (χ0) is 27.0. The van der Waals surface area contributed by atoms with E-state index in [0.29, 0.717) is 20.8 Å². The zero-order valence-electron chi connectivity index (χ0n) is 22.5. The highest BCUT2D eigenvalue weighted by atomic mass is 35.5. The molecule has 0 spiro atoms. The second-order valence-corrected chi connectivity index (χ2v) is 22.9. The standard InChI is InChI=1S/C26H38Cl3NO3Si2/c1-25(2,3)34(7,8)30(24(31)17-32-23-16-21(28)20(27)15-22(23)29)18-12-11-13-19(14-18)33-35(9,10)26(4,5)6/h11-16H,17H2,1-10H3. The van der Waals surface area contributed by atoms with Gasteiger partial charge in [0.25, 0.3) is 5.91 Å². The van der Waals surface area contributed by atoms with Gasteiger partial charge in [-0.1, -0.05) is 95.5 Å². The molecule has 0 aromatic heterocycles. The minimum atomic E-state index is -2.35. The summed E-state index contributed by atoms with van der Waals surface area (Å²) in [5.74, 6) is 0.946. The first kappa shape index (κ1) is 30.0. The average molecular weight is 575 g/mol. The van der Waals surface area contributed by atoms with Crippen molar-refractivity contribution < 1.29 is 14.0 Å². The molecule has 0 N–H and O–H groups in total. The van der Waals surface area contributed by atoms with Crippen molar-refractivity contribution in [2.45, 2.75) is 77.8 Å². The van der Waals surface area contributed by atoms with Gasteiger partial charge >= 0.3 is 0 Å². The van der Waals surface area contributed by atoms with E-state index in [4.69, 9.17) is 44.0 Å². The van der Waals surface area contributed by atoms with E-state index in [1.807, 2.05) is 28.8 Å². The minimum absolute atomic E-state index is 0.0604. The fourth-order valence-electron chi connectivity index (χ4n) is 3.07. The molecule has 0 atom stereocenters. The smallest absolute Gasteiger partial charge is 0.257 e. The molecule has 2 aromatic rings. The molecule has 35 heavy (non-hydrogen) atoms. The fourth-order valence-corrected chi connectivity index (χ4v) is 6.82. The predicted octanol–water partition coefficient (Wildman–Crippen LogP) is 9.45. The van der Waals surface area contributed by atoms with Gasteiger partial charge in [-0.2, -0.15) is 0 Å². The first-order valence-corrected chi connectivity index (χ1v) is 18.7. The van der Waals surface area contributed by atoms with E-state index < -0.39 is 16.6 Å². The van der Waals surface area contributed by atoms with Crippen LogP contribution in [0.4, 0.5) is 5.69 Å². The van der Waals surface area contributed by atoms with Crippen molar-refractivity contribution in [3.8, 4) is 11.5 Å². The van der Waals surface area contributed by atoms with E-state index in [1.165, 1.54) is 12.1 Å².